The van der Waals surface area contributed by atoms with Gasteiger partial charge in [0.05, 0.1) is 10.6 Å². The summed E-state index contributed by atoms with van der Waals surface area (Å²) in [6.45, 7) is 0. The molecule has 0 aliphatic rings. The maximum atomic E-state index is 12.0. The van der Waals surface area contributed by atoms with Crippen LogP contribution >= 0.6 is 39.1 Å². The van der Waals surface area contributed by atoms with Crippen molar-refractivity contribution in [3.05, 3.63) is 56.7 Å². The zero-order valence-electron chi connectivity index (χ0n) is 8.95. The molecule has 1 heterocycles. The minimum absolute atomic E-state index is 0.221. The van der Waals surface area contributed by atoms with Gasteiger partial charge in [0.25, 0.3) is 5.91 Å². The minimum Gasteiger partial charge on any atom is -0.322 e. The molecule has 0 fully saturated rings. The molecule has 1 N–H and O–H groups in total. The van der Waals surface area contributed by atoms with Gasteiger partial charge in [0.15, 0.2) is 0 Å². The number of aromatic nitrogens is 1. The molecule has 0 spiro atoms. The Morgan fingerprint density at radius 1 is 1.28 bits per heavy atom. The van der Waals surface area contributed by atoms with Gasteiger partial charge in [-0.1, -0.05) is 45.2 Å². The number of hydrogen-bond donors (Lipinski definition) is 1. The molecule has 6 heteroatoms. The highest BCUT2D eigenvalue weighted by Crippen LogP contribution is 2.21. The lowest BCUT2D eigenvalue weighted by atomic mass is 10.2. The number of amides is 1. The summed E-state index contributed by atoms with van der Waals surface area (Å²) in [7, 11) is 0. The van der Waals surface area contributed by atoms with Crippen LogP contribution in [0.2, 0.25) is 10.2 Å². The van der Waals surface area contributed by atoms with E-state index < -0.39 is 0 Å². The molecule has 1 aromatic heterocycles. The molecule has 3 nitrogen and oxygen atoms in total. The Morgan fingerprint density at radius 3 is 2.78 bits per heavy atom. The Labute approximate surface area is 122 Å². The summed E-state index contributed by atoms with van der Waals surface area (Å²) in [5.74, 6) is -0.331. The number of benzene rings is 1. The van der Waals surface area contributed by atoms with E-state index in [1.54, 1.807) is 12.1 Å². The van der Waals surface area contributed by atoms with Gasteiger partial charge in [-0.05, 0) is 24.3 Å². The van der Waals surface area contributed by atoms with E-state index in [2.05, 4.69) is 26.2 Å². The van der Waals surface area contributed by atoms with Gasteiger partial charge in [-0.2, -0.15) is 0 Å². The second-order valence-corrected chi connectivity index (χ2v) is 5.16. The number of nitrogens with one attached hydrogen (secondary N) is 1. The smallest absolute Gasteiger partial charge is 0.257 e. The second kappa shape index (κ2) is 5.69. The van der Waals surface area contributed by atoms with Crippen LogP contribution in [-0.2, 0) is 0 Å². The summed E-state index contributed by atoms with van der Waals surface area (Å²) >= 11 is 15.0. The fraction of sp³-hybridized carbons (Fsp3) is 0. The highest BCUT2D eigenvalue weighted by molar-refractivity contribution is 9.10. The molecule has 0 atom stereocenters. The summed E-state index contributed by atoms with van der Waals surface area (Å²) in [6, 6.07) is 8.68. The Morgan fingerprint density at radius 2 is 2.06 bits per heavy atom. The van der Waals surface area contributed by atoms with Gasteiger partial charge in [0.1, 0.15) is 5.15 Å². The largest absolute Gasteiger partial charge is 0.322 e. The quantitative estimate of drug-likeness (QED) is 0.819. The van der Waals surface area contributed by atoms with Crippen molar-refractivity contribution in [2.45, 2.75) is 0 Å². The van der Waals surface area contributed by atoms with E-state index in [0.717, 1.165) is 4.47 Å². The molecule has 0 bridgehead atoms. The molecular formula is C12H7BrCl2N2O. The fourth-order valence-electron chi connectivity index (χ4n) is 1.35. The van der Waals surface area contributed by atoms with E-state index in [-0.39, 0.29) is 21.6 Å². The van der Waals surface area contributed by atoms with Crippen LogP contribution in [0, 0.1) is 0 Å². The van der Waals surface area contributed by atoms with E-state index >= 15 is 0 Å². The third-order valence-electron chi connectivity index (χ3n) is 2.15. The number of nitrogens with zero attached hydrogens (tertiary/aromatic N) is 1. The summed E-state index contributed by atoms with van der Waals surface area (Å²) in [4.78, 5) is 15.8. The number of anilines is 1. The molecule has 1 amide bonds. The van der Waals surface area contributed by atoms with Gasteiger partial charge < -0.3 is 5.32 Å². The zero-order valence-corrected chi connectivity index (χ0v) is 12.1. The van der Waals surface area contributed by atoms with Crippen LogP contribution in [0.1, 0.15) is 10.4 Å². The molecule has 2 rings (SSSR count). The van der Waals surface area contributed by atoms with Gasteiger partial charge in [-0.25, -0.2) is 4.98 Å². The first-order valence-electron chi connectivity index (χ1n) is 4.94. The molecular weight excluding hydrogens is 339 g/mol. The first-order valence-corrected chi connectivity index (χ1v) is 6.49. The van der Waals surface area contributed by atoms with Gasteiger partial charge in [-0.3, -0.25) is 4.79 Å². The third-order valence-corrected chi connectivity index (χ3v) is 3.15. The van der Waals surface area contributed by atoms with Crippen LogP contribution in [-0.4, -0.2) is 10.9 Å². The zero-order chi connectivity index (χ0) is 13.1. The van der Waals surface area contributed by atoms with Crippen molar-refractivity contribution in [3.8, 4) is 0 Å². The van der Waals surface area contributed by atoms with Crippen molar-refractivity contribution in [2.75, 3.05) is 5.32 Å². The second-order valence-electron chi connectivity index (χ2n) is 3.45. The lowest BCUT2D eigenvalue weighted by molar-refractivity contribution is 0.102. The number of carbonyl (C=O) groups is 1. The van der Waals surface area contributed by atoms with Crippen molar-refractivity contribution in [3.63, 3.8) is 0 Å². The van der Waals surface area contributed by atoms with Gasteiger partial charge in [-0.15, -0.1) is 0 Å². The van der Waals surface area contributed by atoms with Crippen LogP contribution in [0.15, 0.2) is 41.0 Å². The fourth-order valence-corrected chi connectivity index (χ4v) is 2.10. The summed E-state index contributed by atoms with van der Waals surface area (Å²) < 4.78 is 0.874. The lowest BCUT2D eigenvalue weighted by Gasteiger charge is -2.07. The number of carbonyl (C=O) groups excluding carboxylic acids is 1. The molecule has 92 valence electrons. The van der Waals surface area contributed by atoms with Crippen molar-refractivity contribution in [2.24, 2.45) is 0 Å². The van der Waals surface area contributed by atoms with E-state index in [0.29, 0.717) is 5.69 Å². The van der Waals surface area contributed by atoms with E-state index in [1.165, 1.54) is 12.3 Å². The molecule has 0 saturated heterocycles. The number of rotatable bonds is 2. The van der Waals surface area contributed by atoms with Crippen LogP contribution in [0.3, 0.4) is 0 Å². The SMILES string of the molecule is O=C(Nc1cccc(Br)c1)c1cc(Cl)ncc1Cl. The Balaban J connectivity index is 2.24. The highest BCUT2D eigenvalue weighted by atomic mass is 79.9. The molecule has 0 saturated carbocycles. The summed E-state index contributed by atoms with van der Waals surface area (Å²) in [6.07, 6.45) is 1.35. The van der Waals surface area contributed by atoms with Crippen molar-refractivity contribution in [1.82, 2.24) is 4.98 Å². The van der Waals surface area contributed by atoms with Crippen molar-refractivity contribution in [1.29, 1.82) is 0 Å². The molecule has 1 aromatic carbocycles. The maximum absolute atomic E-state index is 12.0. The number of hydrogen-bond acceptors (Lipinski definition) is 2. The third kappa shape index (κ3) is 3.22. The topological polar surface area (TPSA) is 42.0 Å². The highest BCUT2D eigenvalue weighted by Gasteiger charge is 2.12. The molecule has 0 aliphatic carbocycles. The van der Waals surface area contributed by atoms with E-state index in [9.17, 15) is 4.79 Å². The molecule has 0 radical (unpaired) electrons. The Hall–Kier alpha value is -1.10. The predicted molar refractivity (Wildman–Crippen MR) is 76.4 cm³/mol. The Kier molecular flexibility index (Phi) is 4.22. The molecule has 2 aromatic rings. The van der Waals surface area contributed by atoms with E-state index in [1.807, 2.05) is 12.1 Å². The van der Waals surface area contributed by atoms with Crippen LogP contribution < -0.4 is 5.32 Å². The standard InChI is InChI=1S/C12H7BrCl2N2O/c13-7-2-1-3-8(4-7)17-12(18)9-5-11(15)16-6-10(9)14/h1-6H,(H,17,18). The van der Waals surface area contributed by atoms with Crippen molar-refractivity contribution >= 4 is 50.7 Å². The van der Waals surface area contributed by atoms with Crippen LogP contribution in [0.5, 0.6) is 0 Å². The monoisotopic (exact) mass is 344 g/mol. The van der Waals surface area contributed by atoms with Crippen LogP contribution in [0.25, 0.3) is 0 Å². The average Bonchev–Trinajstić information content (AvgIpc) is 2.32. The first kappa shape index (κ1) is 13.3. The molecule has 18 heavy (non-hydrogen) atoms. The van der Waals surface area contributed by atoms with Crippen LogP contribution in [0.4, 0.5) is 5.69 Å². The van der Waals surface area contributed by atoms with Gasteiger partial charge in [0.2, 0.25) is 0 Å². The maximum Gasteiger partial charge on any atom is 0.257 e. The predicted octanol–water partition coefficient (Wildman–Crippen LogP) is 4.40. The number of halogens is 3. The average molecular weight is 346 g/mol. The summed E-state index contributed by atoms with van der Waals surface area (Å²) in [5.41, 5.74) is 0.954. The first-order chi connectivity index (χ1) is 8.56. The Bertz CT molecular complexity index is 604. The van der Waals surface area contributed by atoms with Gasteiger partial charge in [0, 0.05) is 16.4 Å². The number of pyridine rings is 1. The molecule has 0 aliphatic heterocycles. The summed E-state index contributed by atoms with van der Waals surface area (Å²) in [5, 5.41) is 3.20. The minimum atomic E-state index is -0.331. The van der Waals surface area contributed by atoms with Gasteiger partial charge >= 0.3 is 0 Å². The molecule has 0 unspecified atom stereocenters. The normalized spacial score (nSPS) is 10.2. The van der Waals surface area contributed by atoms with E-state index in [4.69, 9.17) is 23.2 Å². The lowest BCUT2D eigenvalue weighted by Crippen LogP contribution is -2.12. The van der Waals surface area contributed by atoms with Crippen molar-refractivity contribution < 1.29 is 4.79 Å².